The molecule has 0 aliphatic rings. The molecule has 80 valence electrons. The predicted molar refractivity (Wildman–Crippen MR) is 57.7 cm³/mol. The van der Waals surface area contributed by atoms with E-state index in [9.17, 15) is 0 Å². The Kier molecular flexibility index (Phi) is 3.44. The molecule has 0 aliphatic carbocycles. The van der Waals surface area contributed by atoms with Crippen LogP contribution in [0.1, 0.15) is 33.5 Å². The number of aromatic nitrogens is 3. The van der Waals surface area contributed by atoms with Crippen LogP contribution in [-0.4, -0.2) is 21.4 Å². The predicted octanol–water partition coefficient (Wildman–Crippen LogP) is 2.23. The fourth-order valence-electron chi connectivity index (χ4n) is 1.31. The Bertz CT molecular complexity index is 348. The number of H-pyrrole nitrogens is 1. The highest BCUT2D eigenvalue weighted by atomic mass is 32.1. The Balaban J connectivity index is 3.01. The third-order valence-electron chi connectivity index (χ3n) is 1.85. The summed E-state index contributed by atoms with van der Waals surface area (Å²) in [4.78, 5) is 0. The van der Waals surface area contributed by atoms with Crippen LogP contribution in [0.3, 0.4) is 0 Å². The van der Waals surface area contributed by atoms with Crippen molar-refractivity contribution >= 4 is 12.2 Å². The molecule has 0 saturated carbocycles. The summed E-state index contributed by atoms with van der Waals surface area (Å²) in [5, 5.41) is 6.93. The van der Waals surface area contributed by atoms with Gasteiger partial charge in [0.25, 0.3) is 0 Å². The second-order valence-electron chi connectivity index (χ2n) is 4.09. The minimum absolute atomic E-state index is 0.0590. The molecule has 14 heavy (non-hydrogen) atoms. The molecule has 0 aliphatic heterocycles. The van der Waals surface area contributed by atoms with E-state index in [1.165, 1.54) is 0 Å². The van der Waals surface area contributed by atoms with E-state index in [4.69, 9.17) is 17.0 Å². The monoisotopic (exact) mass is 215 g/mol. The van der Waals surface area contributed by atoms with Gasteiger partial charge in [0, 0.05) is 12.1 Å². The molecule has 0 fully saturated rings. The fourth-order valence-corrected chi connectivity index (χ4v) is 1.74. The van der Waals surface area contributed by atoms with Crippen LogP contribution in [0, 0.1) is 4.77 Å². The van der Waals surface area contributed by atoms with Crippen molar-refractivity contribution in [2.24, 2.45) is 0 Å². The summed E-state index contributed by atoms with van der Waals surface area (Å²) in [6.45, 7) is 9.42. The van der Waals surface area contributed by atoms with Crippen LogP contribution in [0.15, 0.2) is 0 Å². The molecule has 1 heterocycles. The van der Waals surface area contributed by atoms with Crippen LogP contribution in [0.25, 0.3) is 0 Å². The van der Waals surface area contributed by atoms with E-state index < -0.39 is 0 Å². The van der Waals surface area contributed by atoms with Gasteiger partial charge in [0.15, 0.2) is 10.6 Å². The van der Waals surface area contributed by atoms with Gasteiger partial charge >= 0.3 is 0 Å². The van der Waals surface area contributed by atoms with Crippen molar-refractivity contribution in [1.29, 1.82) is 0 Å². The zero-order valence-corrected chi connectivity index (χ0v) is 9.94. The summed E-state index contributed by atoms with van der Waals surface area (Å²) in [7, 11) is 0. The van der Waals surface area contributed by atoms with Gasteiger partial charge in [0.1, 0.15) is 6.61 Å². The van der Waals surface area contributed by atoms with Crippen molar-refractivity contribution in [3.05, 3.63) is 10.6 Å². The molecule has 4 nitrogen and oxygen atoms in total. The molecular formula is C9H17N3OS. The van der Waals surface area contributed by atoms with Gasteiger partial charge in [0.2, 0.25) is 0 Å². The van der Waals surface area contributed by atoms with E-state index in [1.807, 2.05) is 11.5 Å². The largest absolute Gasteiger partial charge is 0.374 e. The molecule has 0 bridgehead atoms. The van der Waals surface area contributed by atoms with E-state index in [1.54, 1.807) is 0 Å². The zero-order chi connectivity index (χ0) is 10.8. The molecule has 0 radical (unpaired) electrons. The van der Waals surface area contributed by atoms with Crippen molar-refractivity contribution in [1.82, 2.24) is 14.8 Å². The first-order chi connectivity index (χ1) is 6.46. The van der Waals surface area contributed by atoms with E-state index in [0.29, 0.717) is 18.0 Å². The SMILES string of the molecule is CCOCc1n[nH]c(=S)n1C(C)(C)C. The summed E-state index contributed by atoms with van der Waals surface area (Å²) in [5.41, 5.74) is -0.0590. The molecule has 0 saturated heterocycles. The molecule has 0 atom stereocenters. The molecule has 0 aromatic carbocycles. The van der Waals surface area contributed by atoms with Crippen molar-refractivity contribution in [2.45, 2.75) is 39.8 Å². The lowest BCUT2D eigenvalue weighted by Gasteiger charge is -2.22. The van der Waals surface area contributed by atoms with Gasteiger partial charge in [0.05, 0.1) is 0 Å². The van der Waals surface area contributed by atoms with Gasteiger partial charge < -0.3 is 4.74 Å². The maximum absolute atomic E-state index is 5.32. The molecular weight excluding hydrogens is 198 g/mol. The average Bonchev–Trinajstić information content (AvgIpc) is 2.42. The molecule has 5 heteroatoms. The van der Waals surface area contributed by atoms with Crippen molar-refractivity contribution in [2.75, 3.05) is 6.61 Å². The van der Waals surface area contributed by atoms with Crippen LogP contribution in [-0.2, 0) is 16.9 Å². The van der Waals surface area contributed by atoms with Gasteiger partial charge in [-0.05, 0) is 39.9 Å². The first-order valence-corrected chi connectivity index (χ1v) is 5.12. The fraction of sp³-hybridized carbons (Fsp3) is 0.778. The van der Waals surface area contributed by atoms with E-state index in [-0.39, 0.29) is 5.54 Å². The lowest BCUT2D eigenvalue weighted by Crippen LogP contribution is -2.24. The van der Waals surface area contributed by atoms with Crippen molar-refractivity contribution in [3.63, 3.8) is 0 Å². The quantitative estimate of drug-likeness (QED) is 0.786. The highest BCUT2D eigenvalue weighted by Crippen LogP contribution is 2.16. The number of hydrogen-bond donors (Lipinski definition) is 1. The summed E-state index contributed by atoms with van der Waals surface area (Å²) in [5.74, 6) is 0.851. The minimum atomic E-state index is -0.0590. The normalized spacial score (nSPS) is 12.0. The van der Waals surface area contributed by atoms with E-state index in [0.717, 1.165) is 5.82 Å². The van der Waals surface area contributed by atoms with E-state index in [2.05, 4.69) is 31.0 Å². The third-order valence-corrected chi connectivity index (χ3v) is 2.12. The first kappa shape index (κ1) is 11.4. The maximum Gasteiger partial charge on any atom is 0.195 e. The standard InChI is InChI=1S/C9H17N3OS/c1-5-13-6-7-10-11-8(14)12(7)9(2,3)4/h5-6H2,1-4H3,(H,11,14). The minimum Gasteiger partial charge on any atom is -0.374 e. The van der Waals surface area contributed by atoms with Crippen molar-refractivity contribution < 1.29 is 4.74 Å². The Morgan fingerprint density at radius 1 is 1.50 bits per heavy atom. The van der Waals surface area contributed by atoms with Crippen LogP contribution >= 0.6 is 12.2 Å². The third kappa shape index (κ3) is 2.42. The smallest absolute Gasteiger partial charge is 0.195 e. The molecule has 0 amide bonds. The first-order valence-electron chi connectivity index (χ1n) is 4.71. The number of rotatable bonds is 3. The van der Waals surface area contributed by atoms with Crippen molar-refractivity contribution in [3.8, 4) is 0 Å². The molecule has 1 N–H and O–H groups in total. The number of nitrogens with one attached hydrogen (secondary N) is 1. The lowest BCUT2D eigenvalue weighted by molar-refractivity contribution is 0.121. The number of ether oxygens (including phenoxy) is 1. The lowest BCUT2D eigenvalue weighted by atomic mass is 10.1. The zero-order valence-electron chi connectivity index (χ0n) is 9.13. The number of hydrogen-bond acceptors (Lipinski definition) is 3. The second-order valence-corrected chi connectivity index (χ2v) is 4.48. The van der Waals surface area contributed by atoms with Gasteiger partial charge in [-0.3, -0.25) is 9.67 Å². The summed E-state index contributed by atoms with van der Waals surface area (Å²) in [6, 6.07) is 0. The second kappa shape index (κ2) is 4.23. The molecule has 1 rings (SSSR count). The highest BCUT2D eigenvalue weighted by Gasteiger charge is 2.18. The van der Waals surface area contributed by atoms with Crippen LogP contribution < -0.4 is 0 Å². The molecule has 0 unspecified atom stereocenters. The van der Waals surface area contributed by atoms with Gasteiger partial charge in [-0.25, -0.2) is 0 Å². The van der Waals surface area contributed by atoms with Crippen LogP contribution in [0.5, 0.6) is 0 Å². The number of nitrogens with zero attached hydrogens (tertiary/aromatic N) is 2. The van der Waals surface area contributed by atoms with Gasteiger partial charge in [-0.1, -0.05) is 0 Å². The molecule has 0 spiro atoms. The Hall–Kier alpha value is -0.680. The highest BCUT2D eigenvalue weighted by molar-refractivity contribution is 7.71. The van der Waals surface area contributed by atoms with Crippen LogP contribution in [0.4, 0.5) is 0 Å². The van der Waals surface area contributed by atoms with E-state index >= 15 is 0 Å². The Morgan fingerprint density at radius 2 is 2.14 bits per heavy atom. The average molecular weight is 215 g/mol. The Labute approximate surface area is 89.3 Å². The summed E-state index contributed by atoms with van der Waals surface area (Å²) < 4.78 is 7.95. The van der Waals surface area contributed by atoms with Crippen LogP contribution in [0.2, 0.25) is 0 Å². The number of aromatic amines is 1. The van der Waals surface area contributed by atoms with Gasteiger partial charge in [-0.15, -0.1) is 0 Å². The summed E-state index contributed by atoms with van der Waals surface area (Å²) >= 11 is 5.16. The maximum atomic E-state index is 5.32. The topological polar surface area (TPSA) is 42.8 Å². The summed E-state index contributed by atoms with van der Waals surface area (Å²) in [6.07, 6.45) is 0. The molecule has 1 aromatic heterocycles. The Morgan fingerprint density at radius 3 is 2.64 bits per heavy atom. The molecule has 1 aromatic rings. The van der Waals surface area contributed by atoms with Gasteiger partial charge in [-0.2, -0.15) is 5.10 Å².